The van der Waals surface area contributed by atoms with Crippen molar-refractivity contribution in [3.8, 4) is 0 Å². The number of hydrogen-bond donors (Lipinski definition) is 0. The van der Waals surface area contributed by atoms with Crippen LogP contribution < -0.4 is 0 Å². The Morgan fingerprint density at radius 1 is 1.62 bits per heavy atom. The number of nitro groups is 1. The summed E-state index contributed by atoms with van der Waals surface area (Å²) in [5, 5.41) is 9.44. The minimum Gasteiger partial charge on any atom is -0.772 e. The molecule has 0 aliphatic heterocycles. The molecule has 0 radical (unpaired) electrons. The first kappa shape index (κ1) is 7.51. The van der Waals surface area contributed by atoms with Gasteiger partial charge in [-0.25, -0.2) is 0 Å². The third-order valence-electron chi connectivity index (χ3n) is 0.441. The van der Waals surface area contributed by atoms with E-state index in [-0.39, 0.29) is 0 Å². The summed E-state index contributed by atoms with van der Waals surface area (Å²) < 4.78 is 19.2. The van der Waals surface area contributed by atoms with E-state index in [1.807, 2.05) is 0 Å². The molecule has 0 heterocycles. The predicted molar refractivity (Wildman–Crippen MR) is 25.6 cm³/mol. The molecule has 0 aromatic carbocycles. The normalized spacial score (nSPS) is 13.1. The van der Waals surface area contributed by atoms with Crippen molar-refractivity contribution in [2.45, 2.75) is 0 Å². The molecule has 0 N–H and O–H groups in total. The molecule has 8 heavy (non-hydrogen) atoms. The maximum Gasteiger partial charge on any atom is 0.214 e. The topological polar surface area (TPSA) is 83.3 Å². The van der Waals surface area contributed by atoms with E-state index in [0.29, 0.717) is 0 Å². The maximum absolute atomic E-state index is 9.60. The first-order chi connectivity index (χ1) is 3.63. The van der Waals surface area contributed by atoms with E-state index in [1.54, 1.807) is 0 Å². The monoisotopic (exact) mass is 138 g/mol. The molecule has 48 valence electrons. The van der Waals surface area contributed by atoms with Gasteiger partial charge in [0.05, 0.1) is 5.75 Å². The third-order valence-corrected chi connectivity index (χ3v) is 0.956. The number of hydrogen-bond acceptors (Lipinski definition) is 4. The van der Waals surface area contributed by atoms with Gasteiger partial charge in [-0.2, -0.15) is 0 Å². The van der Waals surface area contributed by atoms with E-state index in [0.717, 1.165) is 0 Å². The fraction of sp³-hybridized carbons (Fsp3) is 1.00. The van der Waals surface area contributed by atoms with Crippen molar-refractivity contribution in [2.24, 2.45) is 0 Å². The first-order valence-corrected chi connectivity index (χ1v) is 3.05. The standard InChI is InChI=1S/C2H5NO4S/c4-3(5)1-2-8(6)7/h1-2H2,(H,6,7)/p-1. The summed E-state index contributed by atoms with van der Waals surface area (Å²) >= 11 is -2.28. The predicted octanol–water partition coefficient (Wildman–Crippen LogP) is -0.858. The molecule has 0 aromatic heterocycles. The van der Waals surface area contributed by atoms with Crippen LogP contribution in [0.4, 0.5) is 0 Å². The molecule has 0 fully saturated rings. The van der Waals surface area contributed by atoms with E-state index < -0.39 is 28.3 Å². The fourth-order valence-corrected chi connectivity index (χ4v) is 0.447. The van der Waals surface area contributed by atoms with Crippen LogP contribution in [0.1, 0.15) is 0 Å². The molecule has 6 heteroatoms. The molecule has 0 aromatic rings. The minimum atomic E-state index is -2.28. The lowest BCUT2D eigenvalue weighted by Crippen LogP contribution is -2.09. The Morgan fingerprint density at radius 3 is 2.25 bits per heavy atom. The van der Waals surface area contributed by atoms with Crippen molar-refractivity contribution in [2.75, 3.05) is 12.3 Å². The summed E-state index contributed by atoms with van der Waals surface area (Å²) in [7, 11) is 0. The van der Waals surface area contributed by atoms with Crippen LogP contribution in [-0.2, 0) is 11.1 Å². The Kier molecular flexibility index (Phi) is 3.29. The molecule has 0 rings (SSSR count). The number of nitrogens with zero attached hydrogens (tertiary/aromatic N) is 1. The highest BCUT2D eigenvalue weighted by molar-refractivity contribution is 7.79. The second-order valence-corrected chi connectivity index (χ2v) is 2.08. The average Bonchev–Trinajstić information content (AvgIpc) is 1.61. The molecule has 0 aliphatic rings. The van der Waals surface area contributed by atoms with Crippen molar-refractivity contribution < 1.29 is 13.7 Å². The molecular formula is C2H4NO4S-. The van der Waals surface area contributed by atoms with Gasteiger partial charge >= 0.3 is 0 Å². The minimum absolute atomic E-state index is 0.396. The molecular weight excluding hydrogens is 134 g/mol. The van der Waals surface area contributed by atoms with E-state index in [1.165, 1.54) is 0 Å². The Hall–Kier alpha value is -0.490. The van der Waals surface area contributed by atoms with Crippen LogP contribution in [0.5, 0.6) is 0 Å². The molecule has 0 bridgehead atoms. The zero-order chi connectivity index (χ0) is 6.57. The van der Waals surface area contributed by atoms with Gasteiger partial charge in [0, 0.05) is 4.92 Å². The van der Waals surface area contributed by atoms with E-state index in [9.17, 15) is 18.9 Å². The van der Waals surface area contributed by atoms with Crippen LogP contribution in [-0.4, -0.2) is 26.0 Å². The SMILES string of the molecule is O=[N+]([O-])CCS(=O)[O-]. The maximum atomic E-state index is 9.60. The summed E-state index contributed by atoms with van der Waals surface area (Å²) in [5.74, 6) is -0.396. The highest BCUT2D eigenvalue weighted by Crippen LogP contribution is 1.73. The fourth-order valence-electron chi connectivity index (χ4n) is 0.149. The Morgan fingerprint density at radius 2 is 2.12 bits per heavy atom. The lowest BCUT2D eigenvalue weighted by atomic mass is 10.8. The molecule has 0 amide bonds. The first-order valence-electron chi connectivity index (χ1n) is 1.80. The molecule has 5 nitrogen and oxygen atoms in total. The van der Waals surface area contributed by atoms with E-state index in [2.05, 4.69) is 0 Å². The molecule has 0 saturated heterocycles. The molecule has 1 unspecified atom stereocenters. The van der Waals surface area contributed by atoms with Gasteiger partial charge in [0.15, 0.2) is 0 Å². The van der Waals surface area contributed by atoms with Crippen molar-refractivity contribution >= 4 is 11.1 Å². The van der Waals surface area contributed by atoms with Gasteiger partial charge in [0.25, 0.3) is 0 Å². The number of rotatable bonds is 3. The van der Waals surface area contributed by atoms with Crippen LogP contribution in [0.2, 0.25) is 0 Å². The van der Waals surface area contributed by atoms with Crippen LogP contribution in [0.15, 0.2) is 0 Å². The Labute approximate surface area is 48.1 Å². The van der Waals surface area contributed by atoms with Gasteiger partial charge in [-0.3, -0.25) is 14.3 Å². The Balaban J connectivity index is 3.18. The molecule has 0 saturated carbocycles. The highest BCUT2D eigenvalue weighted by Gasteiger charge is 1.93. The van der Waals surface area contributed by atoms with Gasteiger partial charge in [-0.15, -0.1) is 0 Å². The van der Waals surface area contributed by atoms with Gasteiger partial charge in [-0.05, 0) is 11.1 Å². The zero-order valence-corrected chi connectivity index (χ0v) is 4.72. The van der Waals surface area contributed by atoms with Gasteiger partial charge in [0.1, 0.15) is 0 Å². The van der Waals surface area contributed by atoms with Crippen LogP contribution in [0.3, 0.4) is 0 Å². The van der Waals surface area contributed by atoms with Crippen molar-refractivity contribution in [3.63, 3.8) is 0 Å². The lowest BCUT2D eigenvalue weighted by molar-refractivity contribution is -0.474. The molecule has 0 aliphatic carbocycles. The lowest BCUT2D eigenvalue weighted by Gasteiger charge is -1.97. The molecule has 1 atom stereocenters. The van der Waals surface area contributed by atoms with Crippen molar-refractivity contribution in [1.29, 1.82) is 0 Å². The smallest absolute Gasteiger partial charge is 0.214 e. The van der Waals surface area contributed by atoms with Crippen molar-refractivity contribution in [3.05, 3.63) is 10.1 Å². The highest BCUT2D eigenvalue weighted by atomic mass is 32.2. The van der Waals surface area contributed by atoms with Gasteiger partial charge in [-0.1, -0.05) is 0 Å². The quantitative estimate of drug-likeness (QED) is 0.288. The summed E-state index contributed by atoms with van der Waals surface area (Å²) in [5.41, 5.74) is 0. The van der Waals surface area contributed by atoms with Gasteiger partial charge in [0.2, 0.25) is 6.54 Å². The second kappa shape index (κ2) is 3.50. The Bertz CT molecular complexity index is 98.6. The largest absolute Gasteiger partial charge is 0.772 e. The zero-order valence-electron chi connectivity index (χ0n) is 3.90. The second-order valence-electron chi connectivity index (χ2n) is 1.06. The van der Waals surface area contributed by atoms with Crippen LogP contribution in [0, 0.1) is 10.1 Å². The average molecular weight is 138 g/mol. The summed E-state index contributed by atoms with van der Waals surface area (Å²) in [6.45, 7) is -0.504. The van der Waals surface area contributed by atoms with Crippen LogP contribution >= 0.6 is 0 Å². The summed E-state index contributed by atoms with van der Waals surface area (Å²) in [4.78, 5) is 8.77. The van der Waals surface area contributed by atoms with E-state index in [4.69, 9.17) is 0 Å². The summed E-state index contributed by atoms with van der Waals surface area (Å²) in [6, 6.07) is 0. The van der Waals surface area contributed by atoms with Crippen LogP contribution in [0.25, 0.3) is 0 Å². The van der Waals surface area contributed by atoms with Gasteiger partial charge < -0.3 is 4.55 Å². The third kappa shape index (κ3) is 5.51. The molecule has 0 spiro atoms. The summed E-state index contributed by atoms with van der Waals surface area (Å²) in [6.07, 6.45) is 0. The van der Waals surface area contributed by atoms with E-state index >= 15 is 0 Å². The van der Waals surface area contributed by atoms with Crippen molar-refractivity contribution in [1.82, 2.24) is 0 Å².